The largest absolute Gasteiger partial charge is 0.507 e. The van der Waals surface area contributed by atoms with E-state index in [1.54, 1.807) is 41.6 Å². The van der Waals surface area contributed by atoms with Crippen LogP contribution in [0.1, 0.15) is 86.2 Å². The standard InChI is InChI=1S/C43H55N5O7S/c1-7-43(53)34-24-36-39-29(25-47(36)40(50)33(34)27-54-41(43)51)23-31-32(38(49)19-18-35(31)44-39)26-48(5,6)37(13-10-9-11-22-56)28-14-16-30(17-15-28)55-42(52)46(4)21-12-20-45(3)8-2/h14-19,23-24,37,53H,7-13,20-22,25-27H2,1-6H3,(H-,49,56)/p+1/t37?,43-/m0/s1. The number of nitrogens with zero attached hydrogens (tertiary/aromatic N) is 5. The van der Waals surface area contributed by atoms with Gasteiger partial charge in [0.2, 0.25) is 0 Å². The van der Waals surface area contributed by atoms with Gasteiger partial charge in [0.25, 0.3) is 5.56 Å². The third-order valence-corrected chi connectivity index (χ3v) is 12.0. The Morgan fingerprint density at radius 2 is 1.80 bits per heavy atom. The number of thiol groups is 1. The highest BCUT2D eigenvalue weighted by molar-refractivity contribution is 7.80. The molecule has 2 atom stereocenters. The number of benzene rings is 2. The Bertz CT molecular complexity index is 2150. The van der Waals surface area contributed by atoms with Gasteiger partial charge in [-0.15, -0.1) is 0 Å². The first-order valence-electron chi connectivity index (χ1n) is 19.7. The number of carbonyl (C=O) groups is 2. The van der Waals surface area contributed by atoms with Crippen LogP contribution in [-0.2, 0) is 34.8 Å². The minimum Gasteiger partial charge on any atom is -0.507 e. The predicted molar refractivity (Wildman–Crippen MR) is 220 cm³/mol. The summed E-state index contributed by atoms with van der Waals surface area (Å²) in [6.07, 6.45) is 4.51. The van der Waals surface area contributed by atoms with Gasteiger partial charge in [0.15, 0.2) is 5.60 Å². The quantitative estimate of drug-likeness (QED) is 0.0452. The Morgan fingerprint density at radius 3 is 2.50 bits per heavy atom. The van der Waals surface area contributed by atoms with Crippen molar-refractivity contribution in [2.24, 2.45) is 0 Å². The number of rotatable bonds is 16. The van der Waals surface area contributed by atoms with E-state index in [9.17, 15) is 24.6 Å². The molecule has 2 aliphatic heterocycles. The molecule has 2 aromatic heterocycles. The molecule has 6 rings (SSSR count). The second-order valence-electron chi connectivity index (χ2n) is 15.9. The molecule has 300 valence electrons. The Balaban J connectivity index is 1.28. The van der Waals surface area contributed by atoms with Crippen LogP contribution in [0.15, 0.2) is 53.3 Å². The van der Waals surface area contributed by atoms with Crippen LogP contribution < -0.4 is 10.3 Å². The summed E-state index contributed by atoms with van der Waals surface area (Å²) in [7, 11) is 8.15. The van der Waals surface area contributed by atoms with Crippen LogP contribution in [0.3, 0.4) is 0 Å². The van der Waals surface area contributed by atoms with Crippen molar-refractivity contribution in [1.82, 2.24) is 19.4 Å². The van der Waals surface area contributed by atoms with E-state index in [1.165, 1.54) is 0 Å². The summed E-state index contributed by atoms with van der Waals surface area (Å²) < 4.78 is 13.1. The number of aromatic nitrogens is 2. The van der Waals surface area contributed by atoms with Crippen molar-refractivity contribution in [3.05, 3.63) is 86.7 Å². The number of quaternary nitrogens is 1. The highest BCUT2D eigenvalue weighted by atomic mass is 32.1. The fourth-order valence-corrected chi connectivity index (χ4v) is 8.32. The number of hydrogen-bond donors (Lipinski definition) is 3. The second kappa shape index (κ2) is 17.0. The molecule has 0 aliphatic carbocycles. The summed E-state index contributed by atoms with van der Waals surface area (Å²) in [6.45, 7) is 6.83. The van der Waals surface area contributed by atoms with Gasteiger partial charge in [0, 0.05) is 42.1 Å². The third-order valence-electron chi connectivity index (χ3n) is 11.7. The second-order valence-corrected chi connectivity index (χ2v) is 16.3. The number of ether oxygens (including phenoxy) is 2. The summed E-state index contributed by atoms with van der Waals surface area (Å²) in [4.78, 5) is 48.1. The summed E-state index contributed by atoms with van der Waals surface area (Å²) in [5.41, 5.74) is 2.82. The number of pyridine rings is 2. The SMILES string of the molecule is CCN(C)CCCN(C)C(=O)Oc1ccc(C(CCCCCS)[N+](C)(C)Cc2c(O)ccc3nc4c(cc23)Cn2c-4cc3c(c2=O)COC(=O)[C@]3(O)CC)cc1. The molecule has 13 heteroatoms. The summed E-state index contributed by atoms with van der Waals surface area (Å²) >= 11 is 4.42. The molecule has 0 radical (unpaired) electrons. The smallest absolute Gasteiger partial charge is 0.414 e. The number of hydrogen-bond acceptors (Lipinski definition) is 10. The molecule has 2 aliphatic rings. The van der Waals surface area contributed by atoms with Crippen LogP contribution in [0.5, 0.6) is 11.5 Å². The topological polar surface area (TPSA) is 134 Å². The van der Waals surface area contributed by atoms with Gasteiger partial charge in [0.1, 0.15) is 30.7 Å². The van der Waals surface area contributed by atoms with Crippen LogP contribution in [0.25, 0.3) is 22.3 Å². The first-order chi connectivity index (χ1) is 26.7. The number of amides is 1. The van der Waals surface area contributed by atoms with Crippen molar-refractivity contribution in [2.45, 2.75) is 83.7 Å². The fourth-order valence-electron chi connectivity index (χ4n) is 8.09. The van der Waals surface area contributed by atoms with E-state index in [-0.39, 0.29) is 54.1 Å². The molecule has 0 spiro atoms. The maximum atomic E-state index is 13.8. The zero-order valence-electron chi connectivity index (χ0n) is 33.5. The van der Waals surface area contributed by atoms with Crippen molar-refractivity contribution in [2.75, 3.05) is 53.6 Å². The summed E-state index contributed by atoms with van der Waals surface area (Å²) in [6, 6.07) is 15.0. The third kappa shape index (κ3) is 8.18. The zero-order chi connectivity index (χ0) is 40.4. The Labute approximate surface area is 334 Å². The molecular weight excluding hydrogens is 731 g/mol. The van der Waals surface area contributed by atoms with Gasteiger partial charge < -0.3 is 38.5 Å². The van der Waals surface area contributed by atoms with E-state index in [0.29, 0.717) is 40.2 Å². The van der Waals surface area contributed by atoms with E-state index in [4.69, 9.17) is 14.5 Å². The average molecular weight is 787 g/mol. The lowest BCUT2D eigenvalue weighted by Crippen LogP contribution is -2.44. The maximum absolute atomic E-state index is 13.8. The van der Waals surface area contributed by atoms with E-state index in [1.807, 2.05) is 30.3 Å². The van der Waals surface area contributed by atoms with Crippen LogP contribution in [0, 0.1) is 0 Å². The molecule has 1 unspecified atom stereocenters. The zero-order valence-corrected chi connectivity index (χ0v) is 34.4. The Kier molecular flexibility index (Phi) is 12.5. The molecule has 0 saturated heterocycles. The number of aromatic hydroxyl groups is 1. The molecule has 12 nitrogen and oxygen atoms in total. The van der Waals surface area contributed by atoms with E-state index in [2.05, 4.69) is 45.6 Å². The minimum atomic E-state index is -1.90. The molecule has 0 bridgehead atoms. The van der Waals surface area contributed by atoms with E-state index >= 15 is 0 Å². The molecule has 0 fully saturated rings. The molecule has 4 heterocycles. The first kappa shape index (κ1) is 41.2. The fraction of sp³-hybridized carbons (Fsp3) is 0.488. The number of unbranched alkanes of at least 4 members (excludes halogenated alkanes) is 2. The minimum absolute atomic E-state index is 0.0475. The van der Waals surface area contributed by atoms with Gasteiger partial charge in [-0.05, 0) is 100 Å². The number of phenols is 1. The van der Waals surface area contributed by atoms with Crippen molar-refractivity contribution >= 4 is 35.6 Å². The lowest BCUT2D eigenvalue weighted by atomic mass is 9.86. The van der Waals surface area contributed by atoms with Gasteiger partial charge in [-0.25, -0.2) is 14.6 Å². The lowest BCUT2D eigenvalue weighted by molar-refractivity contribution is -0.934. The number of aliphatic hydroxyl groups is 1. The summed E-state index contributed by atoms with van der Waals surface area (Å²) in [5, 5.41) is 23.5. The number of cyclic esters (lactones) is 1. The molecule has 1 amide bonds. The van der Waals surface area contributed by atoms with Crippen LogP contribution in [0.2, 0.25) is 0 Å². The van der Waals surface area contributed by atoms with Gasteiger partial charge in [-0.3, -0.25) is 4.79 Å². The van der Waals surface area contributed by atoms with E-state index in [0.717, 1.165) is 73.0 Å². The molecule has 56 heavy (non-hydrogen) atoms. The summed E-state index contributed by atoms with van der Waals surface area (Å²) in [5.74, 6) is 0.727. The number of carbonyl (C=O) groups excluding carboxylic acids is 2. The monoisotopic (exact) mass is 786 g/mol. The molecule has 4 aromatic rings. The Hall–Kier alpha value is -4.43. The van der Waals surface area contributed by atoms with E-state index < -0.39 is 11.6 Å². The predicted octanol–water partition coefficient (Wildman–Crippen LogP) is 6.37. The molecule has 2 aromatic carbocycles. The average Bonchev–Trinajstić information content (AvgIpc) is 3.54. The maximum Gasteiger partial charge on any atom is 0.414 e. The highest BCUT2D eigenvalue weighted by Crippen LogP contribution is 2.41. The molecular formula is C43H56N5O7S+. The van der Waals surface area contributed by atoms with Crippen LogP contribution in [0.4, 0.5) is 4.79 Å². The number of phenolic OH excluding ortho intramolecular Hbond substituents is 1. The normalized spacial score (nSPS) is 16.7. The lowest BCUT2D eigenvalue weighted by Gasteiger charge is -2.39. The van der Waals surface area contributed by atoms with Gasteiger partial charge in [-0.1, -0.05) is 20.3 Å². The van der Waals surface area contributed by atoms with Crippen molar-refractivity contribution < 1.29 is 33.8 Å². The number of fused-ring (bicyclic) bond motifs is 5. The van der Waals surface area contributed by atoms with Gasteiger partial charge >= 0.3 is 12.1 Å². The molecule has 0 saturated carbocycles. The Morgan fingerprint density at radius 1 is 1.05 bits per heavy atom. The van der Waals surface area contributed by atoms with Crippen molar-refractivity contribution in [3.63, 3.8) is 0 Å². The van der Waals surface area contributed by atoms with Crippen LogP contribution >= 0.6 is 12.6 Å². The highest BCUT2D eigenvalue weighted by Gasteiger charge is 2.45. The van der Waals surface area contributed by atoms with Crippen molar-refractivity contribution in [1.29, 1.82) is 0 Å². The van der Waals surface area contributed by atoms with Gasteiger partial charge in [0.05, 0.1) is 48.7 Å². The first-order valence-corrected chi connectivity index (χ1v) is 20.3. The molecule has 2 N–H and O–H groups in total. The number of esters is 1. The van der Waals surface area contributed by atoms with Gasteiger partial charge in [-0.2, -0.15) is 12.6 Å². The van der Waals surface area contributed by atoms with Crippen molar-refractivity contribution in [3.8, 4) is 22.9 Å². The van der Waals surface area contributed by atoms with Crippen LogP contribution in [-0.4, -0.2) is 99.7 Å².